The van der Waals surface area contributed by atoms with Crippen LogP contribution in [0.3, 0.4) is 0 Å². The number of hydrogen-bond acceptors (Lipinski definition) is 4. The van der Waals surface area contributed by atoms with Gasteiger partial charge in [-0.2, -0.15) is 11.8 Å². The molecule has 1 atom stereocenters. The van der Waals surface area contributed by atoms with Crippen molar-refractivity contribution < 1.29 is 4.74 Å². The lowest BCUT2D eigenvalue weighted by molar-refractivity contribution is 0.0754. The summed E-state index contributed by atoms with van der Waals surface area (Å²) in [5, 5.41) is 3.34. The number of nitrogens with zero attached hydrogens (tertiary/aromatic N) is 1. The van der Waals surface area contributed by atoms with Gasteiger partial charge in [0.2, 0.25) is 0 Å². The summed E-state index contributed by atoms with van der Waals surface area (Å²) in [6.45, 7) is 3.06. The maximum absolute atomic E-state index is 5.68. The van der Waals surface area contributed by atoms with Crippen LogP contribution < -0.4 is 0 Å². The summed E-state index contributed by atoms with van der Waals surface area (Å²) < 4.78 is 5.68. The fourth-order valence-electron chi connectivity index (χ4n) is 1.47. The molecule has 2 rings (SSSR count). The van der Waals surface area contributed by atoms with Crippen molar-refractivity contribution in [3.63, 3.8) is 0 Å². The first kappa shape index (κ1) is 10.5. The van der Waals surface area contributed by atoms with Crippen LogP contribution in [0.4, 0.5) is 0 Å². The molecule has 4 heteroatoms. The van der Waals surface area contributed by atoms with Crippen LogP contribution in [0.2, 0.25) is 0 Å². The number of hydrogen-bond donors (Lipinski definition) is 0. The van der Waals surface area contributed by atoms with Gasteiger partial charge in [-0.3, -0.25) is 0 Å². The third-order valence-electron chi connectivity index (χ3n) is 2.17. The van der Waals surface area contributed by atoms with Crippen molar-refractivity contribution in [3.8, 4) is 0 Å². The topological polar surface area (TPSA) is 22.1 Å². The minimum atomic E-state index is 0.254. The predicted molar refractivity (Wildman–Crippen MR) is 62.1 cm³/mol. The third-order valence-corrected chi connectivity index (χ3v) is 4.15. The van der Waals surface area contributed by atoms with Gasteiger partial charge in [0.15, 0.2) is 0 Å². The Hall–Kier alpha value is -0.0600. The van der Waals surface area contributed by atoms with E-state index in [4.69, 9.17) is 4.74 Å². The highest BCUT2D eigenvalue weighted by Crippen LogP contribution is 2.28. The molecule has 1 unspecified atom stereocenters. The first-order valence-corrected chi connectivity index (χ1v) is 7.07. The minimum Gasteiger partial charge on any atom is -0.369 e. The molecule has 2 heterocycles. The van der Waals surface area contributed by atoms with Crippen LogP contribution in [0.15, 0.2) is 5.38 Å². The van der Waals surface area contributed by atoms with Crippen molar-refractivity contribution >= 4 is 23.1 Å². The molecule has 14 heavy (non-hydrogen) atoms. The van der Waals surface area contributed by atoms with Crippen LogP contribution in [-0.4, -0.2) is 23.1 Å². The van der Waals surface area contributed by atoms with E-state index in [2.05, 4.69) is 17.3 Å². The van der Waals surface area contributed by atoms with E-state index in [1.807, 2.05) is 11.8 Å². The van der Waals surface area contributed by atoms with Crippen molar-refractivity contribution in [2.75, 3.05) is 18.1 Å². The average Bonchev–Trinajstić information content (AvgIpc) is 2.68. The molecule has 78 valence electrons. The Labute approximate surface area is 93.1 Å². The van der Waals surface area contributed by atoms with Gasteiger partial charge >= 0.3 is 0 Å². The maximum Gasteiger partial charge on any atom is 0.123 e. The molecule has 0 bridgehead atoms. The van der Waals surface area contributed by atoms with Crippen LogP contribution in [0, 0.1) is 0 Å². The molecule has 1 aliphatic heterocycles. The first-order valence-electron chi connectivity index (χ1n) is 5.04. The standard InChI is InChI=1S/C10H15NOS2/c1-2-3-8-6-14-10(11-8)9-7-13-5-4-12-9/h6,9H,2-5,7H2,1H3. The molecule has 1 saturated heterocycles. The van der Waals surface area contributed by atoms with E-state index in [1.165, 1.54) is 17.1 Å². The van der Waals surface area contributed by atoms with E-state index in [-0.39, 0.29) is 6.10 Å². The quantitative estimate of drug-likeness (QED) is 0.795. The van der Waals surface area contributed by atoms with Crippen molar-refractivity contribution in [2.45, 2.75) is 25.9 Å². The number of aryl methyl sites for hydroxylation is 1. The van der Waals surface area contributed by atoms with Gasteiger partial charge in [0.1, 0.15) is 11.1 Å². The molecule has 0 aromatic carbocycles. The van der Waals surface area contributed by atoms with E-state index >= 15 is 0 Å². The number of rotatable bonds is 3. The molecule has 0 aliphatic carbocycles. The Bertz CT molecular complexity index is 281. The summed E-state index contributed by atoms with van der Waals surface area (Å²) in [6.07, 6.45) is 2.52. The van der Waals surface area contributed by atoms with E-state index < -0.39 is 0 Å². The summed E-state index contributed by atoms with van der Waals surface area (Å²) in [4.78, 5) is 4.60. The van der Waals surface area contributed by atoms with Gasteiger partial charge in [-0.25, -0.2) is 4.98 Å². The van der Waals surface area contributed by atoms with Crippen LogP contribution in [0.25, 0.3) is 0 Å². The number of ether oxygens (including phenoxy) is 1. The van der Waals surface area contributed by atoms with Crippen molar-refractivity contribution in [1.29, 1.82) is 0 Å². The van der Waals surface area contributed by atoms with Gasteiger partial charge in [-0.05, 0) is 6.42 Å². The van der Waals surface area contributed by atoms with Gasteiger partial charge in [0, 0.05) is 16.9 Å². The SMILES string of the molecule is CCCc1csc(C2CSCCO2)n1. The Morgan fingerprint density at radius 2 is 2.57 bits per heavy atom. The van der Waals surface area contributed by atoms with E-state index in [9.17, 15) is 0 Å². The summed E-state index contributed by atoms with van der Waals surface area (Å²) in [5.41, 5.74) is 1.23. The molecule has 2 nitrogen and oxygen atoms in total. The van der Waals surface area contributed by atoms with E-state index in [0.717, 1.165) is 24.5 Å². The lowest BCUT2D eigenvalue weighted by Gasteiger charge is -2.19. The molecular formula is C10H15NOS2. The Balaban J connectivity index is 2.00. The summed E-state index contributed by atoms with van der Waals surface area (Å²) in [7, 11) is 0. The molecule has 1 aromatic rings. The molecule has 0 radical (unpaired) electrons. The summed E-state index contributed by atoms with van der Waals surface area (Å²) in [6, 6.07) is 0. The molecular weight excluding hydrogens is 214 g/mol. The average molecular weight is 229 g/mol. The zero-order valence-electron chi connectivity index (χ0n) is 8.36. The highest BCUT2D eigenvalue weighted by Gasteiger charge is 2.19. The number of thioether (sulfide) groups is 1. The van der Waals surface area contributed by atoms with Crippen LogP contribution >= 0.6 is 23.1 Å². The molecule has 1 fully saturated rings. The fourth-order valence-corrected chi connectivity index (χ4v) is 3.33. The molecule has 0 N–H and O–H groups in total. The lowest BCUT2D eigenvalue weighted by Crippen LogP contribution is -2.15. The van der Waals surface area contributed by atoms with Gasteiger partial charge in [0.25, 0.3) is 0 Å². The van der Waals surface area contributed by atoms with Gasteiger partial charge in [-0.1, -0.05) is 13.3 Å². The van der Waals surface area contributed by atoms with Gasteiger partial charge in [0.05, 0.1) is 12.3 Å². The largest absolute Gasteiger partial charge is 0.369 e. The summed E-state index contributed by atoms with van der Waals surface area (Å²) in [5.74, 6) is 2.20. The van der Waals surface area contributed by atoms with E-state index in [0.29, 0.717) is 0 Å². The van der Waals surface area contributed by atoms with Crippen LogP contribution in [0.5, 0.6) is 0 Å². The Morgan fingerprint density at radius 3 is 3.29 bits per heavy atom. The highest BCUT2D eigenvalue weighted by molar-refractivity contribution is 7.99. The Morgan fingerprint density at radius 1 is 1.64 bits per heavy atom. The predicted octanol–water partition coefficient (Wildman–Crippen LogP) is 2.90. The monoisotopic (exact) mass is 229 g/mol. The smallest absolute Gasteiger partial charge is 0.123 e. The zero-order valence-corrected chi connectivity index (χ0v) is 10.00. The van der Waals surface area contributed by atoms with Crippen molar-refractivity contribution in [2.24, 2.45) is 0 Å². The molecule has 1 aromatic heterocycles. The number of aromatic nitrogens is 1. The lowest BCUT2D eigenvalue weighted by atomic mass is 10.3. The molecule has 0 saturated carbocycles. The third kappa shape index (κ3) is 2.49. The normalized spacial score (nSPS) is 22.5. The highest BCUT2D eigenvalue weighted by atomic mass is 32.2. The Kier molecular flexibility index (Phi) is 3.84. The van der Waals surface area contributed by atoms with Crippen molar-refractivity contribution in [3.05, 3.63) is 16.1 Å². The maximum atomic E-state index is 5.68. The molecule has 0 spiro atoms. The van der Waals surface area contributed by atoms with Gasteiger partial charge < -0.3 is 4.74 Å². The first-order chi connectivity index (χ1) is 6.90. The number of thiazole rings is 1. The summed E-state index contributed by atoms with van der Waals surface area (Å²) >= 11 is 3.71. The van der Waals surface area contributed by atoms with Crippen LogP contribution in [0.1, 0.15) is 30.2 Å². The molecule has 0 amide bonds. The van der Waals surface area contributed by atoms with Crippen molar-refractivity contribution in [1.82, 2.24) is 4.98 Å². The second-order valence-electron chi connectivity index (χ2n) is 3.36. The van der Waals surface area contributed by atoms with Crippen LogP contribution in [-0.2, 0) is 11.2 Å². The minimum absolute atomic E-state index is 0.254. The second kappa shape index (κ2) is 5.14. The zero-order chi connectivity index (χ0) is 9.80. The van der Waals surface area contributed by atoms with E-state index in [1.54, 1.807) is 11.3 Å². The molecule has 1 aliphatic rings. The fraction of sp³-hybridized carbons (Fsp3) is 0.700. The van der Waals surface area contributed by atoms with Gasteiger partial charge in [-0.15, -0.1) is 11.3 Å². The second-order valence-corrected chi connectivity index (χ2v) is 5.40.